The minimum Gasteiger partial charge on any atom is -0.478 e. The molecule has 0 saturated carbocycles. The minimum absolute atomic E-state index is 0.0950. The predicted octanol–water partition coefficient (Wildman–Crippen LogP) is -0.130. The van der Waals surface area contributed by atoms with Crippen molar-refractivity contribution in [1.29, 1.82) is 0 Å². The van der Waals surface area contributed by atoms with Gasteiger partial charge in [0, 0.05) is 13.1 Å². The van der Waals surface area contributed by atoms with Crippen molar-refractivity contribution in [3.05, 3.63) is 33.7 Å². The van der Waals surface area contributed by atoms with E-state index in [4.69, 9.17) is 5.11 Å². The molecule has 0 fully saturated rings. The fourth-order valence-electron chi connectivity index (χ4n) is 1.06. The van der Waals surface area contributed by atoms with Crippen LogP contribution < -0.4 is 5.56 Å². The molecule has 0 radical (unpaired) electrons. The van der Waals surface area contributed by atoms with Gasteiger partial charge in [-0.05, 0) is 6.07 Å². The van der Waals surface area contributed by atoms with E-state index < -0.39 is 17.5 Å². The lowest BCUT2D eigenvalue weighted by atomic mass is 10.2. The molecular formula is C9H9NO5. The van der Waals surface area contributed by atoms with Crippen LogP contribution in [0.2, 0.25) is 0 Å². The number of ether oxygens (including phenoxy) is 1. The van der Waals surface area contributed by atoms with Crippen molar-refractivity contribution in [3.8, 4) is 0 Å². The summed E-state index contributed by atoms with van der Waals surface area (Å²) in [6.45, 7) is 0. The summed E-state index contributed by atoms with van der Waals surface area (Å²) in [5, 5.41) is 8.68. The van der Waals surface area contributed by atoms with E-state index in [0.29, 0.717) is 0 Å². The monoisotopic (exact) mass is 211 g/mol. The first-order chi connectivity index (χ1) is 6.97. The molecule has 1 aromatic rings. The van der Waals surface area contributed by atoms with Crippen LogP contribution in [-0.2, 0) is 11.8 Å². The highest BCUT2D eigenvalue weighted by Crippen LogP contribution is 2.02. The number of carbonyl (C=O) groups is 2. The second-order valence-corrected chi connectivity index (χ2v) is 2.82. The second-order valence-electron chi connectivity index (χ2n) is 2.82. The lowest BCUT2D eigenvalue weighted by Gasteiger charge is -2.06. The molecule has 1 N–H and O–H groups in total. The number of aromatic nitrogens is 1. The summed E-state index contributed by atoms with van der Waals surface area (Å²) in [5.74, 6) is -2.02. The molecule has 1 aromatic heterocycles. The average molecular weight is 211 g/mol. The number of carboxylic acid groups (broad SMARTS) is 1. The van der Waals surface area contributed by atoms with E-state index >= 15 is 0 Å². The SMILES string of the molecule is COC(=O)c1cc(C(=O)O)cc(=O)n1C. The molecule has 0 saturated heterocycles. The standard InChI is InChI=1S/C9H9NO5/c1-10-6(9(14)15-2)3-5(8(12)13)4-7(10)11/h3-4H,1-2H3,(H,12,13). The van der Waals surface area contributed by atoms with Crippen LogP contribution in [0.25, 0.3) is 0 Å². The van der Waals surface area contributed by atoms with Crippen molar-refractivity contribution < 1.29 is 19.4 Å². The highest BCUT2D eigenvalue weighted by molar-refractivity contribution is 5.93. The fraction of sp³-hybridized carbons (Fsp3) is 0.222. The Bertz CT molecular complexity index is 474. The Hall–Kier alpha value is -2.11. The molecule has 1 heterocycles. The van der Waals surface area contributed by atoms with E-state index in [-0.39, 0.29) is 11.3 Å². The van der Waals surface area contributed by atoms with Gasteiger partial charge in [-0.15, -0.1) is 0 Å². The molecule has 15 heavy (non-hydrogen) atoms. The van der Waals surface area contributed by atoms with Gasteiger partial charge in [-0.3, -0.25) is 4.79 Å². The molecular weight excluding hydrogens is 202 g/mol. The summed E-state index contributed by atoms with van der Waals surface area (Å²) in [6, 6.07) is 2.03. The van der Waals surface area contributed by atoms with Gasteiger partial charge in [0.2, 0.25) is 0 Å². The number of hydrogen-bond donors (Lipinski definition) is 1. The van der Waals surface area contributed by atoms with E-state index in [1.807, 2.05) is 0 Å². The first kappa shape index (κ1) is 11.0. The Labute approximate surface area is 84.7 Å². The summed E-state index contributed by atoms with van der Waals surface area (Å²) in [6.07, 6.45) is 0. The third-order valence-electron chi connectivity index (χ3n) is 1.90. The van der Waals surface area contributed by atoms with Gasteiger partial charge < -0.3 is 14.4 Å². The van der Waals surface area contributed by atoms with Crippen LogP contribution in [0.5, 0.6) is 0 Å². The van der Waals surface area contributed by atoms with E-state index in [9.17, 15) is 14.4 Å². The van der Waals surface area contributed by atoms with Crippen LogP contribution >= 0.6 is 0 Å². The fourth-order valence-corrected chi connectivity index (χ4v) is 1.06. The van der Waals surface area contributed by atoms with Crippen molar-refractivity contribution in [2.45, 2.75) is 0 Å². The quantitative estimate of drug-likeness (QED) is 0.688. The molecule has 0 aromatic carbocycles. The topological polar surface area (TPSA) is 85.6 Å². The van der Waals surface area contributed by atoms with Gasteiger partial charge in [0.05, 0.1) is 12.7 Å². The molecule has 6 nitrogen and oxygen atoms in total. The Morgan fingerprint density at radius 2 is 2.00 bits per heavy atom. The molecule has 0 aliphatic heterocycles. The minimum atomic E-state index is -1.27. The van der Waals surface area contributed by atoms with Gasteiger partial charge in [0.15, 0.2) is 0 Å². The number of carboxylic acids is 1. The lowest BCUT2D eigenvalue weighted by Crippen LogP contribution is -2.24. The normalized spacial score (nSPS) is 9.73. The molecule has 0 unspecified atom stereocenters. The molecule has 0 aliphatic rings. The van der Waals surface area contributed by atoms with Crippen LogP contribution in [-0.4, -0.2) is 28.7 Å². The van der Waals surface area contributed by atoms with E-state index in [2.05, 4.69) is 4.74 Å². The number of pyridine rings is 1. The van der Waals surface area contributed by atoms with Crippen molar-refractivity contribution in [1.82, 2.24) is 4.57 Å². The maximum Gasteiger partial charge on any atom is 0.354 e. The smallest absolute Gasteiger partial charge is 0.354 e. The summed E-state index contributed by atoms with van der Waals surface area (Å²) in [7, 11) is 2.51. The van der Waals surface area contributed by atoms with Crippen LogP contribution in [0.3, 0.4) is 0 Å². The zero-order valence-electron chi connectivity index (χ0n) is 8.18. The van der Waals surface area contributed by atoms with Gasteiger partial charge in [-0.25, -0.2) is 9.59 Å². The molecule has 0 amide bonds. The lowest BCUT2D eigenvalue weighted by molar-refractivity contribution is 0.0588. The molecule has 6 heteroatoms. The average Bonchev–Trinajstić information content (AvgIpc) is 2.20. The Balaban J connectivity index is 3.44. The number of hydrogen-bond acceptors (Lipinski definition) is 4. The largest absolute Gasteiger partial charge is 0.478 e. The van der Waals surface area contributed by atoms with Crippen LogP contribution in [0.4, 0.5) is 0 Å². The Morgan fingerprint density at radius 3 is 2.47 bits per heavy atom. The number of carbonyl (C=O) groups excluding carboxylic acids is 1. The van der Waals surface area contributed by atoms with Crippen molar-refractivity contribution in [2.75, 3.05) is 7.11 Å². The van der Waals surface area contributed by atoms with Gasteiger partial charge in [0.25, 0.3) is 5.56 Å². The first-order valence-corrected chi connectivity index (χ1v) is 4.00. The number of aromatic carboxylic acids is 1. The van der Waals surface area contributed by atoms with Gasteiger partial charge in [-0.1, -0.05) is 0 Å². The number of rotatable bonds is 2. The summed E-state index contributed by atoms with van der Waals surface area (Å²) < 4.78 is 5.44. The van der Waals surface area contributed by atoms with Crippen LogP contribution in [0.15, 0.2) is 16.9 Å². The Morgan fingerprint density at radius 1 is 1.40 bits per heavy atom. The molecule has 0 aliphatic carbocycles. The second kappa shape index (κ2) is 3.95. The predicted molar refractivity (Wildman–Crippen MR) is 50.0 cm³/mol. The Kier molecular flexibility index (Phi) is 2.89. The number of esters is 1. The van der Waals surface area contributed by atoms with Crippen molar-refractivity contribution in [3.63, 3.8) is 0 Å². The summed E-state index contributed by atoms with van der Waals surface area (Å²) in [4.78, 5) is 33.1. The first-order valence-electron chi connectivity index (χ1n) is 4.00. The van der Waals surface area contributed by atoms with Crippen molar-refractivity contribution >= 4 is 11.9 Å². The van der Waals surface area contributed by atoms with Gasteiger partial charge in [-0.2, -0.15) is 0 Å². The van der Waals surface area contributed by atoms with E-state index in [1.165, 1.54) is 7.05 Å². The van der Waals surface area contributed by atoms with Gasteiger partial charge >= 0.3 is 11.9 Å². The zero-order chi connectivity index (χ0) is 11.6. The summed E-state index contributed by atoms with van der Waals surface area (Å²) in [5.41, 5.74) is -0.906. The molecule has 80 valence electrons. The van der Waals surface area contributed by atoms with Gasteiger partial charge in [0.1, 0.15) is 5.69 Å². The highest BCUT2D eigenvalue weighted by Gasteiger charge is 2.14. The maximum absolute atomic E-state index is 11.3. The van der Waals surface area contributed by atoms with Crippen molar-refractivity contribution in [2.24, 2.45) is 7.05 Å². The third-order valence-corrected chi connectivity index (χ3v) is 1.90. The third kappa shape index (κ3) is 2.04. The number of methoxy groups -OCH3 is 1. The molecule has 0 spiro atoms. The highest BCUT2D eigenvalue weighted by atomic mass is 16.5. The van der Waals surface area contributed by atoms with E-state index in [0.717, 1.165) is 23.8 Å². The molecule has 0 bridgehead atoms. The van der Waals surface area contributed by atoms with Crippen LogP contribution in [0.1, 0.15) is 20.8 Å². The number of nitrogens with zero attached hydrogens (tertiary/aromatic N) is 1. The maximum atomic E-state index is 11.3. The molecule has 1 rings (SSSR count). The zero-order valence-corrected chi connectivity index (χ0v) is 8.18. The van der Waals surface area contributed by atoms with Crippen LogP contribution in [0, 0.1) is 0 Å². The summed E-state index contributed by atoms with van der Waals surface area (Å²) >= 11 is 0. The molecule has 0 atom stereocenters. The van der Waals surface area contributed by atoms with E-state index in [1.54, 1.807) is 0 Å².